The molecular weight excluding hydrogens is 343 g/mol. The lowest BCUT2D eigenvalue weighted by Gasteiger charge is -2.06. The van der Waals surface area contributed by atoms with Gasteiger partial charge in [-0.25, -0.2) is 4.39 Å². The minimum absolute atomic E-state index is 0.218. The highest BCUT2D eigenvalue weighted by molar-refractivity contribution is 5.85. The van der Waals surface area contributed by atoms with Crippen molar-refractivity contribution < 1.29 is 4.39 Å². The smallest absolute Gasteiger partial charge is 0.146 e. The first kappa shape index (κ1) is 20.2. The predicted octanol–water partition coefficient (Wildman–Crippen LogP) is 7.45. The third-order valence-corrected chi connectivity index (χ3v) is 5.29. The SMILES string of the molecule is CCCCCCCc1ccc2c(F)c(C#Cc3ccc(CC)cc3)ccc2c1. The minimum atomic E-state index is -0.218. The molecule has 0 fully saturated rings. The van der Waals surface area contributed by atoms with Gasteiger partial charge in [0.25, 0.3) is 0 Å². The van der Waals surface area contributed by atoms with E-state index in [1.807, 2.05) is 24.3 Å². The Morgan fingerprint density at radius 2 is 1.50 bits per heavy atom. The Morgan fingerprint density at radius 3 is 2.25 bits per heavy atom. The lowest BCUT2D eigenvalue weighted by molar-refractivity contribution is 0.631. The quantitative estimate of drug-likeness (QED) is 0.298. The molecule has 0 unspecified atom stereocenters. The first-order valence-corrected chi connectivity index (χ1v) is 10.5. The highest BCUT2D eigenvalue weighted by Gasteiger charge is 2.06. The minimum Gasteiger partial charge on any atom is -0.205 e. The van der Waals surface area contributed by atoms with Gasteiger partial charge in [-0.15, -0.1) is 0 Å². The van der Waals surface area contributed by atoms with Crippen LogP contribution in [0.2, 0.25) is 0 Å². The van der Waals surface area contributed by atoms with Gasteiger partial charge in [0.15, 0.2) is 0 Å². The number of hydrogen-bond acceptors (Lipinski definition) is 0. The van der Waals surface area contributed by atoms with E-state index in [0.29, 0.717) is 10.9 Å². The molecule has 0 atom stereocenters. The van der Waals surface area contributed by atoms with E-state index in [-0.39, 0.29) is 5.82 Å². The number of rotatable bonds is 7. The van der Waals surface area contributed by atoms with Gasteiger partial charge in [-0.2, -0.15) is 0 Å². The van der Waals surface area contributed by atoms with Crippen LogP contribution in [0.3, 0.4) is 0 Å². The first-order valence-electron chi connectivity index (χ1n) is 10.5. The summed E-state index contributed by atoms with van der Waals surface area (Å²) in [5.41, 5.74) is 3.94. The number of aryl methyl sites for hydroxylation is 2. The van der Waals surface area contributed by atoms with E-state index in [4.69, 9.17) is 0 Å². The molecule has 0 aliphatic rings. The zero-order valence-electron chi connectivity index (χ0n) is 17.0. The average Bonchev–Trinajstić information content (AvgIpc) is 2.73. The molecule has 3 aromatic rings. The van der Waals surface area contributed by atoms with Crippen LogP contribution in [0.4, 0.5) is 4.39 Å². The third kappa shape index (κ3) is 5.23. The summed E-state index contributed by atoms with van der Waals surface area (Å²) in [6, 6.07) is 18.0. The number of fused-ring (bicyclic) bond motifs is 1. The van der Waals surface area contributed by atoms with E-state index in [2.05, 4.69) is 50.0 Å². The average molecular weight is 373 g/mol. The number of halogens is 1. The van der Waals surface area contributed by atoms with E-state index in [1.54, 1.807) is 6.07 Å². The van der Waals surface area contributed by atoms with Crippen molar-refractivity contribution in [3.63, 3.8) is 0 Å². The van der Waals surface area contributed by atoms with E-state index in [1.165, 1.54) is 43.2 Å². The Kier molecular flexibility index (Phi) is 7.26. The normalized spacial score (nSPS) is 10.7. The van der Waals surface area contributed by atoms with Gasteiger partial charge in [-0.3, -0.25) is 0 Å². The van der Waals surface area contributed by atoms with Crippen LogP contribution >= 0.6 is 0 Å². The van der Waals surface area contributed by atoms with Crippen LogP contribution in [0.1, 0.15) is 68.2 Å². The van der Waals surface area contributed by atoms with Gasteiger partial charge < -0.3 is 0 Å². The molecular formula is C27H29F. The summed E-state index contributed by atoms with van der Waals surface area (Å²) >= 11 is 0. The lowest BCUT2D eigenvalue weighted by atomic mass is 10.00. The molecule has 0 amide bonds. The topological polar surface area (TPSA) is 0 Å². The van der Waals surface area contributed by atoms with Gasteiger partial charge >= 0.3 is 0 Å². The second-order valence-corrected chi connectivity index (χ2v) is 7.45. The van der Waals surface area contributed by atoms with Gasteiger partial charge in [-0.1, -0.05) is 87.8 Å². The predicted molar refractivity (Wildman–Crippen MR) is 118 cm³/mol. The molecule has 0 saturated heterocycles. The van der Waals surface area contributed by atoms with Crippen molar-refractivity contribution in [2.75, 3.05) is 0 Å². The zero-order valence-corrected chi connectivity index (χ0v) is 17.0. The van der Waals surface area contributed by atoms with Crippen LogP contribution in [-0.2, 0) is 12.8 Å². The van der Waals surface area contributed by atoms with Crippen molar-refractivity contribution in [3.8, 4) is 11.8 Å². The third-order valence-electron chi connectivity index (χ3n) is 5.29. The van der Waals surface area contributed by atoms with E-state index in [9.17, 15) is 4.39 Å². The Bertz CT molecular complexity index is 971. The summed E-state index contributed by atoms with van der Waals surface area (Å²) < 4.78 is 14.9. The molecule has 0 aliphatic carbocycles. The Balaban J connectivity index is 1.74. The lowest BCUT2D eigenvalue weighted by Crippen LogP contribution is -1.90. The Labute approximate surface area is 168 Å². The molecule has 0 radical (unpaired) electrons. The molecule has 1 heteroatoms. The molecule has 0 saturated carbocycles. The summed E-state index contributed by atoms with van der Waals surface area (Å²) in [6.45, 7) is 4.36. The zero-order chi connectivity index (χ0) is 19.8. The van der Waals surface area contributed by atoms with Crippen molar-refractivity contribution in [1.82, 2.24) is 0 Å². The largest absolute Gasteiger partial charge is 0.205 e. The second kappa shape index (κ2) is 10.1. The van der Waals surface area contributed by atoms with Crippen LogP contribution in [-0.4, -0.2) is 0 Å². The summed E-state index contributed by atoms with van der Waals surface area (Å²) in [5.74, 6) is 5.87. The molecule has 0 heterocycles. The summed E-state index contributed by atoms with van der Waals surface area (Å²) in [4.78, 5) is 0. The molecule has 0 spiro atoms. The van der Waals surface area contributed by atoms with Crippen LogP contribution < -0.4 is 0 Å². The first-order chi connectivity index (χ1) is 13.7. The fraction of sp³-hybridized carbons (Fsp3) is 0.333. The fourth-order valence-corrected chi connectivity index (χ4v) is 3.49. The molecule has 3 aromatic carbocycles. The number of hydrogen-bond donors (Lipinski definition) is 0. The maximum absolute atomic E-state index is 14.9. The molecule has 0 aromatic heterocycles. The van der Waals surface area contributed by atoms with E-state index >= 15 is 0 Å². The number of unbranched alkanes of at least 4 members (excludes halogenated alkanes) is 4. The summed E-state index contributed by atoms with van der Waals surface area (Å²) in [7, 11) is 0. The van der Waals surface area contributed by atoms with Gasteiger partial charge in [0, 0.05) is 10.9 Å². The van der Waals surface area contributed by atoms with Crippen LogP contribution in [0.15, 0.2) is 54.6 Å². The summed E-state index contributed by atoms with van der Waals surface area (Å²) in [6.07, 6.45) is 8.44. The number of benzene rings is 3. The monoisotopic (exact) mass is 372 g/mol. The Hall–Kier alpha value is -2.59. The van der Waals surface area contributed by atoms with Gasteiger partial charge in [0.2, 0.25) is 0 Å². The second-order valence-electron chi connectivity index (χ2n) is 7.45. The highest BCUT2D eigenvalue weighted by Crippen LogP contribution is 2.23. The van der Waals surface area contributed by atoms with Crippen molar-refractivity contribution in [2.45, 2.75) is 58.8 Å². The fourth-order valence-electron chi connectivity index (χ4n) is 3.49. The van der Waals surface area contributed by atoms with Crippen molar-refractivity contribution in [3.05, 3.63) is 82.7 Å². The van der Waals surface area contributed by atoms with Crippen LogP contribution in [0, 0.1) is 17.7 Å². The molecule has 0 aliphatic heterocycles. The molecule has 28 heavy (non-hydrogen) atoms. The summed E-state index contributed by atoms with van der Waals surface area (Å²) in [5, 5.41) is 1.62. The Morgan fingerprint density at radius 1 is 0.750 bits per heavy atom. The van der Waals surface area contributed by atoms with Crippen molar-refractivity contribution in [2.24, 2.45) is 0 Å². The van der Waals surface area contributed by atoms with Crippen LogP contribution in [0.5, 0.6) is 0 Å². The van der Waals surface area contributed by atoms with Gasteiger partial charge in [0.1, 0.15) is 5.82 Å². The maximum Gasteiger partial charge on any atom is 0.146 e. The van der Waals surface area contributed by atoms with Crippen molar-refractivity contribution >= 4 is 10.8 Å². The van der Waals surface area contributed by atoms with E-state index < -0.39 is 0 Å². The molecule has 0 nitrogen and oxygen atoms in total. The molecule has 0 bridgehead atoms. The van der Waals surface area contributed by atoms with Gasteiger partial charge in [-0.05, 0) is 54.0 Å². The van der Waals surface area contributed by atoms with Crippen LogP contribution in [0.25, 0.3) is 10.8 Å². The van der Waals surface area contributed by atoms with E-state index in [0.717, 1.165) is 23.8 Å². The standard InChI is InChI=1S/C27H29F/c1-3-5-6-7-8-9-23-15-19-26-25(20-23)18-17-24(27(26)28)16-14-22-12-10-21(4-2)11-13-22/h10-13,15,17-20H,3-9H2,1-2H3. The maximum atomic E-state index is 14.9. The molecule has 144 valence electrons. The highest BCUT2D eigenvalue weighted by atomic mass is 19.1. The van der Waals surface area contributed by atoms with Gasteiger partial charge in [0.05, 0.1) is 5.56 Å². The van der Waals surface area contributed by atoms with Crippen molar-refractivity contribution in [1.29, 1.82) is 0 Å². The molecule has 3 rings (SSSR count). The molecule has 0 N–H and O–H groups in total.